The van der Waals surface area contributed by atoms with Crippen molar-refractivity contribution in [2.24, 2.45) is 7.05 Å². The molecule has 0 spiro atoms. The zero-order valence-electron chi connectivity index (χ0n) is 20.8. The van der Waals surface area contributed by atoms with E-state index in [1.165, 1.54) is 26.9 Å². The lowest BCUT2D eigenvalue weighted by Gasteiger charge is -2.32. The largest absolute Gasteiger partial charge is 0.497 e. The van der Waals surface area contributed by atoms with Crippen LogP contribution in [-0.2, 0) is 26.6 Å². The molecule has 0 aliphatic carbocycles. The van der Waals surface area contributed by atoms with Gasteiger partial charge in [0.25, 0.3) is 5.56 Å². The first kappa shape index (κ1) is 22.8. The number of fused-ring (bicyclic) bond motifs is 4. The summed E-state index contributed by atoms with van der Waals surface area (Å²) >= 11 is 1.69. The molecule has 3 aromatic heterocycles. The Morgan fingerprint density at radius 3 is 2.77 bits per heavy atom. The predicted molar refractivity (Wildman–Crippen MR) is 142 cm³/mol. The maximum absolute atomic E-state index is 13.3. The molecule has 4 aromatic rings. The van der Waals surface area contributed by atoms with Crippen LogP contribution in [-0.4, -0.2) is 64.3 Å². The fourth-order valence-corrected chi connectivity index (χ4v) is 7.13. The number of methoxy groups -OCH3 is 1. The van der Waals surface area contributed by atoms with Crippen molar-refractivity contribution in [1.82, 2.24) is 23.9 Å². The van der Waals surface area contributed by atoms with Crippen LogP contribution in [0.3, 0.4) is 0 Å². The third-order valence-electron chi connectivity index (χ3n) is 7.93. The van der Waals surface area contributed by atoms with Crippen molar-refractivity contribution in [1.29, 1.82) is 0 Å². The third kappa shape index (κ3) is 4.07. The minimum absolute atomic E-state index is 0.136. The van der Waals surface area contributed by atoms with Gasteiger partial charge in [0.1, 0.15) is 10.6 Å². The molecule has 8 heteroatoms. The van der Waals surface area contributed by atoms with Crippen LogP contribution in [0.1, 0.15) is 34.8 Å². The number of ether oxygens (including phenoxy) is 1. The Morgan fingerprint density at radius 1 is 1.14 bits per heavy atom. The average Bonchev–Trinajstić information content (AvgIpc) is 3.41. The van der Waals surface area contributed by atoms with Crippen molar-refractivity contribution in [3.8, 4) is 5.75 Å². The summed E-state index contributed by atoms with van der Waals surface area (Å²) in [6, 6.07) is 6.36. The third-order valence-corrected chi connectivity index (χ3v) is 9.06. The quantitative estimate of drug-likeness (QED) is 0.425. The maximum Gasteiger partial charge on any atom is 0.262 e. The van der Waals surface area contributed by atoms with E-state index in [0.717, 1.165) is 68.0 Å². The highest BCUT2D eigenvalue weighted by molar-refractivity contribution is 7.18. The van der Waals surface area contributed by atoms with Crippen molar-refractivity contribution in [3.63, 3.8) is 0 Å². The summed E-state index contributed by atoms with van der Waals surface area (Å²) in [6.45, 7) is 5.62. The highest BCUT2D eigenvalue weighted by atomic mass is 32.1. The first-order chi connectivity index (χ1) is 17.0. The molecule has 6 rings (SSSR count). The number of nitrogens with zero attached hydrogens (tertiary/aromatic N) is 5. The zero-order chi connectivity index (χ0) is 24.1. The molecule has 0 atom stereocenters. The van der Waals surface area contributed by atoms with Crippen LogP contribution in [0.5, 0.6) is 5.75 Å². The number of likely N-dealkylation sites (tertiary alicyclic amines) is 1. The number of hydrogen-bond acceptors (Lipinski definition) is 6. The Labute approximate surface area is 209 Å². The number of likely N-dealkylation sites (N-methyl/N-ethyl adjacent to an activating group) is 1. The van der Waals surface area contributed by atoms with Gasteiger partial charge in [-0.1, -0.05) is 0 Å². The van der Waals surface area contributed by atoms with Gasteiger partial charge in [-0.3, -0.25) is 9.36 Å². The maximum atomic E-state index is 13.3. The molecule has 35 heavy (non-hydrogen) atoms. The van der Waals surface area contributed by atoms with E-state index in [4.69, 9.17) is 4.74 Å². The molecule has 0 radical (unpaired) electrons. The lowest BCUT2D eigenvalue weighted by molar-refractivity contribution is 0.205. The Kier molecular flexibility index (Phi) is 5.90. The van der Waals surface area contributed by atoms with Crippen LogP contribution < -0.4 is 10.3 Å². The van der Waals surface area contributed by atoms with Gasteiger partial charge in [-0.15, -0.1) is 11.3 Å². The van der Waals surface area contributed by atoms with E-state index in [1.54, 1.807) is 24.8 Å². The van der Waals surface area contributed by atoms with Gasteiger partial charge in [-0.2, -0.15) is 0 Å². The molecule has 2 aliphatic heterocycles. The van der Waals surface area contributed by atoms with E-state index in [2.05, 4.69) is 51.8 Å². The lowest BCUT2D eigenvalue weighted by Crippen LogP contribution is -2.36. The van der Waals surface area contributed by atoms with Gasteiger partial charge in [0.2, 0.25) is 0 Å². The minimum Gasteiger partial charge on any atom is -0.497 e. The zero-order valence-corrected chi connectivity index (χ0v) is 21.6. The number of benzene rings is 1. The average molecular weight is 492 g/mol. The molecular formula is C27H33N5O2S. The number of hydrogen-bond donors (Lipinski definition) is 0. The van der Waals surface area contributed by atoms with E-state index in [9.17, 15) is 4.79 Å². The number of thiophene rings is 1. The molecule has 0 amide bonds. The molecule has 2 aliphatic rings. The van der Waals surface area contributed by atoms with Crippen LogP contribution in [0, 0.1) is 0 Å². The van der Waals surface area contributed by atoms with Gasteiger partial charge in [0.05, 0.1) is 18.8 Å². The standard InChI is InChI=1S/C27H33N5O2S/c1-29-9-8-20-24(16-29)35-26-25(20)27(33)32(17-28-26)13-12-31-10-6-18(7-11-31)22-15-30(2)23-5-4-19(34-3)14-21(22)23/h4-5,14-15,17-18H,6-13,16H2,1-3H3. The molecule has 5 heterocycles. The van der Waals surface area contributed by atoms with E-state index >= 15 is 0 Å². The summed E-state index contributed by atoms with van der Waals surface area (Å²) in [4.78, 5) is 25.0. The number of piperidine rings is 1. The van der Waals surface area contributed by atoms with Gasteiger partial charge < -0.3 is 19.1 Å². The van der Waals surface area contributed by atoms with Gasteiger partial charge in [-0.05, 0) is 74.6 Å². The fourth-order valence-electron chi connectivity index (χ4n) is 5.88. The van der Waals surface area contributed by atoms with Crippen molar-refractivity contribution in [2.45, 2.75) is 38.3 Å². The monoisotopic (exact) mass is 491 g/mol. The highest BCUT2D eigenvalue weighted by Crippen LogP contribution is 2.36. The van der Waals surface area contributed by atoms with Gasteiger partial charge in [0, 0.05) is 55.2 Å². The lowest BCUT2D eigenvalue weighted by atomic mass is 9.89. The topological polar surface area (TPSA) is 55.5 Å². The minimum atomic E-state index is 0.136. The molecule has 184 valence electrons. The van der Waals surface area contributed by atoms with Crippen molar-refractivity contribution >= 4 is 32.5 Å². The first-order valence-electron chi connectivity index (χ1n) is 12.6. The fraction of sp³-hybridized carbons (Fsp3) is 0.481. The van der Waals surface area contributed by atoms with E-state index in [-0.39, 0.29) is 5.56 Å². The second kappa shape index (κ2) is 9.08. The second-order valence-electron chi connectivity index (χ2n) is 10.1. The molecule has 1 saturated heterocycles. The summed E-state index contributed by atoms with van der Waals surface area (Å²) in [7, 11) is 5.99. The summed E-state index contributed by atoms with van der Waals surface area (Å²) in [5.41, 5.74) is 4.06. The van der Waals surface area contributed by atoms with Gasteiger partial charge in [0.15, 0.2) is 0 Å². The molecule has 0 N–H and O–H groups in total. The molecule has 1 fully saturated rings. The van der Waals surface area contributed by atoms with Crippen molar-refractivity contribution in [2.75, 3.05) is 40.3 Å². The summed E-state index contributed by atoms with van der Waals surface area (Å²) in [5.74, 6) is 1.47. The van der Waals surface area contributed by atoms with Crippen molar-refractivity contribution in [3.05, 3.63) is 57.1 Å². The molecule has 0 bridgehead atoms. The van der Waals surface area contributed by atoms with E-state index in [1.807, 2.05) is 10.6 Å². The SMILES string of the molecule is COc1ccc2c(c1)c(C1CCN(CCn3cnc4sc5c(c4c3=O)CCN(C)C5)CC1)cn2C. The molecular weight excluding hydrogens is 458 g/mol. The van der Waals surface area contributed by atoms with Crippen LogP contribution in [0.15, 0.2) is 35.5 Å². The van der Waals surface area contributed by atoms with Crippen LogP contribution in [0.2, 0.25) is 0 Å². The number of aryl methyl sites for hydroxylation is 1. The predicted octanol–water partition coefficient (Wildman–Crippen LogP) is 3.83. The smallest absolute Gasteiger partial charge is 0.262 e. The van der Waals surface area contributed by atoms with E-state index in [0.29, 0.717) is 12.5 Å². The van der Waals surface area contributed by atoms with E-state index < -0.39 is 0 Å². The van der Waals surface area contributed by atoms with Crippen LogP contribution in [0.4, 0.5) is 0 Å². The Morgan fingerprint density at radius 2 is 1.97 bits per heavy atom. The Bertz CT molecular complexity index is 1440. The van der Waals surface area contributed by atoms with Crippen LogP contribution >= 0.6 is 11.3 Å². The molecule has 7 nitrogen and oxygen atoms in total. The summed E-state index contributed by atoms with van der Waals surface area (Å²) in [6.07, 6.45) is 7.26. The molecule has 0 unspecified atom stereocenters. The molecule has 0 saturated carbocycles. The summed E-state index contributed by atoms with van der Waals surface area (Å²) in [5, 5.41) is 2.17. The highest BCUT2D eigenvalue weighted by Gasteiger charge is 2.25. The molecule has 1 aromatic carbocycles. The van der Waals surface area contributed by atoms with Gasteiger partial charge in [-0.25, -0.2) is 4.98 Å². The summed E-state index contributed by atoms with van der Waals surface area (Å²) < 4.78 is 9.54. The van der Waals surface area contributed by atoms with Gasteiger partial charge >= 0.3 is 0 Å². The number of rotatable bonds is 5. The Hall–Kier alpha value is -2.68. The second-order valence-corrected chi connectivity index (χ2v) is 11.2. The van der Waals surface area contributed by atoms with Crippen molar-refractivity contribution < 1.29 is 4.74 Å². The number of aromatic nitrogens is 3. The van der Waals surface area contributed by atoms with Crippen LogP contribution in [0.25, 0.3) is 21.1 Å². The normalized spacial score (nSPS) is 17.9. The first-order valence-corrected chi connectivity index (χ1v) is 13.4. The Balaban J connectivity index is 1.14.